The highest BCUT2D eigenvalue weighted by Gasteiger charge is 2.23. The van der Waals surface area contributed by atoms with Gasteiger partial charge in [0.05, 0.1) is 6.04 Å². The van der Waals surface area contributed by atoms with Gasteiger partial charge in [-0.15, -0.1) is 0 Å². The zero-order valence-electron chi connectivity index (χ0n) is 11.9. The molecule has 1 aromatic carbocycles. The Morgan fingerprint density at radius 2 is 1.74 bits per heavy atom. The van der Waals surface area contributed by atoms with Crippen molar-refractivity contribution in [2.75, 3.05) is 13.1 Å². The topological polar surface area (TPSA) is 46.3 Å². The van der Waals surface area contributed by atoms with Crippen molar-refractivity contribution in [3.05, 3.63) is 35.4 Å². The molecule has 3 nitrogen and oxygen atoms in total. The van der Waals surface area contributed by atoms with Crippen LogP contribution in [-0.2, 0) is 17.6 Å². The highest BCUT2D eigenvalue weighted by Crippen LogP contribution is 2.16. The molecule has 19 heavy (non-hydrogen) atoms. The minimum absolute atomic E-state index is 0.113. The van der Waals surface area contributed by atoms with E-state index in [1.807, 2.05) is 4.90 Å². The Labute approximate surface area is 115 Å². The fourth-order valence-corrected chi connectivity index (χ4v) is 2.73. The van der Waals surface area contributed by atoms with E-state index in [0.717, 1.165) is 32.4 Å². The molecule has 1 heterocycles. The predicted octanol–water partition coefficient (Wildman–Crippen LogP) is 1.99. The summed E-state index contributed by atoms with van der Waals surface area (Å²) in [5.41, 5.74) is 8.76. The van der Waals surface area contributed by atoms with Crippen LogP contribution in [0.1, 0.15) is 31.4 Å². The van der Waals surface area contributed by atoms with Gasteiger partial charge in [-0.2, -0.15) is 0 Å². The van der Waals surface area contributed by atoms with E-state index in [-0.39, 0.29) is 11.9 Å². The molecular weight excluding hydrogens is 236 g/mol. The fourth-order valence-electron chi connectivity index (χ4n) is 2.73. The monoisotopic (exact) mass is 260 g/mol. The maximum atomic E-state index is 12.3. The van der Waals surface area contributed by atoms with E-state index in [1.54, 1.807) is 0 Å². The van der Waals surface area contributed by atoms with Crippen LogP contribution < -0.4 is 5.73 Å². The Morgan fingerprint density at radius 1 is 1.21 bits per heavy atom. The summed E-state index contributed by atoms with van der Waals surface area (Å²) in [6.45, 7) is 5.79. The third-order valence-corrected chi connectivity index (χ3v) is 3.77. The minimum atomic E-state index is -0.346. The van der Waals surface area contributed by atoms with Gasteiger partial charge in [-0.25, -0.2) is 0 Å². The molecule has 0 radical (unpaired) electrons. The van der Waals surface area contributed by atoms with Crippen LogP contribution in [0.25, 0.3) is 0 Å². The standard InChI is InChI=1S/C16H24N2O/c1-12(2)11-15(17)16(19)18-9-7-13-5-3-4-6-14(13)8-10-18/h3-6,12,15H,7-11,17H2,1-2H3/t15-/m1/s1. The van der Waals surface area contributed by atoms with Crippen LogP contribution in [0.3, 0.4) is 0 Å². The first-order valence-electron chi connectivity index (χ1n) is 7.19. The Balaban J connectivity index is 1.99. The van der Waals surface area contributed by atoms with Gasteiger partial charge < -0.3 is 10.6 Å². The minimum Gasteiger partial charge on any atom is -0.341 e. The maximum Gasteiger partial charge on any atom is 0.239 e. The largest absolute Gasteiger partial charge is 0.341 e. The van der Waals surface area contributed by atoms with E-state index in [2.05, 4.69) is 38.1 Å². The number of carbonyl (C=O) groups excluding carboxylic acids is 1. The smallest absolute Gasteiger partial charge is 0.239 e. The van der Waals surface area contributed by atoms with Crippen molar-refractivity contribution in [1.29, 1.82) is 0 Å². The number of rotatable bonds is 3. The van der Waals surface area contributed by atoms with Crippen LogP contribution in [0.2, 0.25) is 0 Å². The average Bonchev–Trinajstić information content (AvgIpc) is 2.59. The first kappa shape index (κ1) is 14.1. The second-order valence-corrected chi connectivity index (χ2v) is 5.83. The number of nitrogens with zero attached hydrogens (tertiary/aromatic N) is 1. The molecule has 0 saturated carbocycles. The lowest BCUT2D eigenvalue weighted by Crippen LogP contribution is -2.45. The molecule has 0 aromatic heterocycles. The molecule has 1 aliphatic heterocycles. The first-order chi connectivity index (χ1) is 9.08. The second-order valence-electron chi connectivity index (χ2n) is 5.83. The molecule has 104 valence electrons. The van der Waals surface area contributed by atoms with Gasteiger partial charge in [-0.3, -0.25) is 4.79 Å². The van der Waals surface area contributed by atoms with Crippen LogP contribution in [0.15, 0.2) is 24.3 Å². The Kier molecular flexibility index (Phi) is 4.59. The van der Waals surface area contributed by atoms with Crippen LogP contribution in [0.4, 0.5) is 0 Å². The Morgan fingerprint density at radius 3 is 2.21 bits per heavy atom. The molecule has 0 unspecified atom stereocenters. The van der Waals surface area contributed by atoms with Gasteiger partial charge >= 0.3 is 0 Å². The summed E-state index contributed by atoms with van der Waals surface area (Å²) in [5.74, 6) is 0.574. The summed E-state index contributed by atoms with van der Waals surface area (Å²) in [5, 5.41) is 0. The van der Waals surface area contributed by atoms with E-state index in [0.29, 0.717) is 5.92 Å². The highest BCUT2D eigenvalue weighted by atomic mass is 16.2. The number of carbonyl (C=O) groups is 1. The Hall–Kier alpha value is -1.35. The SMILES string of the molecule is CC(C)C[C@@H](N)C(=O)N1CCc2ccccc2CC1. The molecule has 3 heteroatoms. The van der Waals surface area contributed by atoms with Crippen LogP contribution >= 0.6 is 0 Å². The Bertz CT molecular complexity index is 415. The van der Waals surface area contributed by atoms with Gasteiger partial charge in [-0.05, 0) is 36.3 Å². The molecule has 0 aliphatic carbocycles. The summed E-state index contributed by atoms with van der Waals surface area (Å²) in [6.07, 6.45) is 2.65. The van der Waals surface area contributed by atoms with Crippen molar-refractivity contribution >= 4 is 5.91 Å². The van der Waals surface area contributed by atoms with Crippen molar-refractivity contribution < 1.29 is 4.79 Å². The molecule has 1 aliphatic rings. The highest BCUT2D eigenvalue weighted by molar-refractivity contribution is 5.81. The number of amides is 1. The summed E-state index contributed by atoms with van der Waals surface area (Å²) < 4.78 is 0. The van der Waals surface area contributed by atoms with Gasteiger partial charge in [0.1, 0.15) is 0 Å². The van der Waals surface area contributed by atoms with Crippen molar-refractivity contribution in [2.45, 2.75) is 39.2 Å². The van der Waals surface area contributed by atoms with Crippen LogP contribution in [0, 0.1) is 5.92 Å². The molecule has 0 fully saturated rings. The van der Waals surface area contributed by atoms with E-state index >= 15 is 0 Å². The molecule has 1 aromatic rings. The van der Waals surface area contributed by atoms with Crippen molar-refractivity contribution in [3.8, 4) is 0 Å². The van der Waals surface area contributed by atoms with Crippen molar-refractivity contribution in [3.63, 3.8) is 0 Å². The number of hydrogen-bond donors (Lipinski definition) is 1. The van der Waals surface area contributed by atoms with Gasteiger partial charge in [-0.1, -0.05) is 38.1 Å². The molecule has 2 N–H and O–H groups in total. The van der Waals surface area contributed by atoms with E-state index in [9.17, 15) is 4.79 Å². The van der Waals surface area contributed by atoms with Crippen LogP contribution in [-0.4, -0.2) is 29.9 Å². The number of fused-ring (bicyclic) bond motifs is 1. The predicted molar refractivity (Wildman–Crippen MR) is 77.9 cm³/mol. The fraction of sp³-hybridized carbons (Fsp3) is 0.562. The van der Waals surface area contributed by atoms with Gasteiger partial charge in [0.15, 0.2) is 0 Å². The number of hydrogen-bond acceptors (Lipinski definition) is 2. The number of benzene rings is 1. The third-order valence-electron chi connectivity index (χ3n) is 3.77. The third kappa shape index (κ3) is 3.57. The molecule has 0 bridgehead atoms. The lowest BCUT2D eigenvalue weighted by molar-refractivity contribution is -0.132. The molecule has 1 atom stereocenters. The summed E-state index contributed by atoms with van der Waals surface area (Å²) >= 11 is 0. The first-order valence-corrected chi connectivity index (χ1v) is 7.19. The van der Waals surface area contributed by atoms with Crippen molar-refractivity contribution in [2.24, 2.45) is 11.7 Å². The summed E-state index contributed by atoms with van der Waals surface area (Å²) in [6, 6.07) is 8.12. The van der Waals surface area contributed by atoms with Gasteiger partial charge in [0.2, 0.25) is 5.91 Å². The lowest BCUT2D eigenvalue weighted by Gasteiger charge is -2.24. The van der Waals surface area contributed by atoms with E-state index < -0.39 is 0 Å². The zero-order valence-corrected chi connectivity index (χ0v) is 11.9. The molecule has 0 saturated heterocycles. The van der Waals surface area contributed by atoms with Gasteiger partial charge in [0.25, 0.3) is 0 Å². The molecule has 1 amide bonds. The molecular formula is C16H24N2O. The molecule has 0 spiro atoms. The maximum absolute atomic E-state index is 12.3. The van der Waals surface area contributed by atoms with E-state index in [4.69, 9.17) is 5.73 Å². The lowest BCUT2D eigenvalue weighted by atomic mass is 10.0. The van der Waals surface area contributed by atoms with E-state index in [1.165, 1.54) is 11.1 Å². The number of nitrogens with two attached hydrogens (primary N) is 1. The average molecular weight is 260 g/mol. The second kappa shape index (κ2) is 6.20. The summed E-state index contributed by atoms with van der Waals surface area (Å²) in [7, 11) is 0. The summed E-state index contributed by atoms with van der Waals surface area (Å²) in [4.78, 5) is 14.3. The quantitative estimate of drug-likeness (QED) is 0.903. The van der Waals surface area contributed by atoms with Gasteiger partial charge in [0, 0.05) is 13.1 Å². The van der Waals surface area contributed by atoms with Crippen molar-refractivity contribution in [1.82, 2.24) is 4.90 Å². The molecule has 2 rings (SSSR count). The normalized spacial score (nSPS) is 16.9. The zero-order chi connectivity index (χ0) is 13.8. The van der Waals surface area contributed by atoms with Crippen LogP contribution in [0.5, 0.6) is 0 Å².